The summed E-state index contributed by atoms with van der Waals surface area (Å²) in [6.07, 6.45) is 0.625. The van der Waals surface area contributed by atoms with Gasteiger partial charge in [-0.25, -0.2) is 4.57 Å². The fraction of sp³-hybridized carbons (Fsp3) is 1.00. The molecule has 1 fully saturated rings. The van der Waals surface area contributed by atoms with Crippen molar-refractivity contribution in [2.24, 2.45) is 0 Å². The van der Waals surface area contributed by atoms with E-state index in [0.29, 0.717) is 6.17 Å². The van der Waals surface area contributed by atoms with Crippen molar-refractivity contribution in [3.05, 3.63) is 0 Å². The molecule has 0 saturated carbocycles. The van der Waals surface area contributed by atoms with Crippen LogP contribution >= 0.6 is 7.82 Å². The van der Waals surface area contributed by atoms with Crippen LogP contribution in [0.15, 0.2) is 0 Å². The van der Waals surface area contributed by atoms with Crippen LogP contribution in [0.4, 0.5) is 0 Å². The lowest BCUT2D eigenvalue weighted by Gasteiger charge is -2.27. The van der Waals surface area contributed by atoms with Crippen molar-refractivity contribution in [2.75, 3.05) is 20.6 Å². The zero-order valence-corrected chi connectivity index (χ0v) is 16.8. The Kier molecular flexibility index (Phi) is 7.74. The smallest absolute Gasteiger partial charge is 0.302 e. The Hall–Kier alpha value is 0.0300. The SMILES string of the molecule is CC(C)(C)OP(=O)(O)OC(C)(C)C.CC1CN(C)C(C)N1C. The third-order valence-corrected chi connectivity index (χ3v) is 4.81. The highest BCUT2D eigenvalue weighted by molar-refractivity contribution is 7.47. The van der Waals surface area contributed by atoms with Crippen LogP contribution in [0.3, 0.4) is 0 Å². The first-order valence-electron chi connectivity index (χ1n) is 7.70. The molecule has 1 rings (SSSR count). The number of likely N-dealkylation sites (N-methyl/N-ethyl adjacent to an activating group) is 2. The van der Waals surface area contributed by atoms with Crippen molar-refractivity contribution in [1.82, 2.24) is 9.80 Å². The van der Waals surface area contributed by atoms with Gasteiger partial charge < -0.3 is 4.89 Å². The van der Waals surface area contributed by atoms with Gasteiger partial charge in [-0.2, -0.15) is 0 Å². The number of hydrogen-bond acceptors (Lipinski definition) is 5. The van der Waals surface area contributed by atoms with E-state index in [1.807, 2.05) is 0 Å². The lowest BCUT2D eigenvalue weighted by atomic mass is 10.2. The van der Waals surface area contributed by atoms with Crippen LogP contribution in [0.2, 0.25) is 0 Å². The van der Waals surface area contributed by atoms with Gasteiger partial charge in [-0.1, -0.05) is 0 Å². The van der Waals surface area contributed by atoms with E-state index in [4.69, 9.17) is 9.05 Å². The van der Waals surface area contributed by atoms with E-state index >= 15 is 0 Å². The lowest BCUT2D eigenvalue weighted by Crippen LogP contribution is -2.32. The molecule has 6 nitrogen and oxygen atoms in total. The summed E-state index contributed by atoms with van der Waals surface area (Å²) in [6.45, 7) is 15.9. The largest absolute Gasteiger partial charge is 0.473 e. The van der Waals surface area contributed by atoms with Gasteiger partial charge in [-0.05, 0) is 69.5 Å². The summed E-state index contributed by atoms with van der Waals surface area (Å²) >= 11 is 0. The van der Waals surface area contributed by atoms with Crippen LogP contribution in [0.1, 0.15) is 55.4 Å². The van der Waals surface area contributed by atoms with Crippen LogP contribution in [0.25, 0.3) is 0 Å². The number of phosphoric ester groups is 1. The number of hydrogen-bond donors (Lipinski definition) is 1. The highest BCUT2D eigenvalue weighted by Crippen LogP contribution is 2.50. The molecule has 1 aliphatic rings. The quantitative estimate of drug-likeness (QED) is 0.780. The minimum absolute atomic E-state index is 0.625. The molecule has 0 aromatic rings. The number of rotatable bonds is 2. The number of nitrogens with zero attached hydrogens (tertiary/aromatic N) is 2. The fourth-order valence-electron chi connectivity index (χ4n) is 2.09. The number of phosphoric acid groups is 1. The van der Waals surface area contributed by atoms with Crippen molar-refractivity contribution in [3.63, 3.8) is 0 Å². The predicted octanol–water partition coefficient (Wildman–Crippen LogP) is 3.32. The van der Waals surface area contributed by atoms with E-state index in [1.54, 1.807) is 41.5 Å². The third-order valence-electron chi connectivity index (χ3n) is 3.25. The summed E-state index contributed by atoms with van der Waals surface area (Å²) in [4.78, 5) is 14.1. The minimum Gasteiger partial charge on any atom is -0.302 e. The molecule has 1 heterocycles. The summed E-state index contributed by atoms with van der Waals surface area (Å²) in [6, 6.07) is 0.727. The van der Waals surface area contributed by atoms with Crippen LogP contribution in [0.5, 0.6) is 0 Å². The normalized spacial score (nSPS) is 25.0. The zero-order valence-electron chi connectivity index (χ0n) is 15.9. The predicted molar refractivity (Wildman–Crippen MR) is 90.8 cm³/mol. The molecule has 0 radical (unpaired) electrons. The Morgan fingerprint density at radius 2 is 1.36 bits per heavy atom. The Morgan fingerprint density at radius 3 is 1.50 bits per heavy atom. The van der Waals surface area contributed by atoms with Crippen molar-refractivity contribution in [1.29, 1.82) is 0 Å². The average Bonchev–Trinajstić information content (AvgIpc) is 2.39. The zero-order chi connectivity index (χ0) is 17.9. The third kappa shape index (κ3) is 9.23. The molecule has 0 aliphatic carbocycles. The van der Waals surface area contributed by atoms with Crippen LogP contribution in [0, 0.1) is 0 Å². The first kappa shape index (κ1) is 22.0. The molecule has 1 aliphatic heterocycles. The molecule has 2 atom stereocenters. The van der Waals surface area contributed by atoms with Gasteiger partial charge in [0.2, 0.25) is 0 Å². The molecule has 0 aromatic carbocycles. The molecule has 0 aromatic heterocycles. The first-order valence-corrected chi connectivity index (χ1v) is 9.20. The lowest BCUT2D eigenvalue weighted by molar-refractivity contribution is 0.0187. The van der Waals surface area contributed by atoms with E-state index in [1.165, 1.54) is 6.54 Å². The molecule has 1 N–H and O–H groups in total. The topological polar surface area (TPSA) is 62.2 Å². The molecule has 134 valence electrons. The Labute approximate surface area is 136 Å². The molecule has 1 saturated heterocycles. The molecule has 0 spiro atoms. The van der Waals surface area contributed by atoms with Gasteiger partial charge in [0.1, 0.15) is 0 Å². The van der Waals surface area contributed by atoms with Crippen LogP contribution in [-0.2, 0) is 13.6 Å². The molecule has 2 unspecified atom stereocenters. The second-order valence-corrected chi connectivity index (χ2v) is 9.26. The van der Waals surface area contributed by atoms with Crippen LogP contribution in [-0.4, -0.2) is 58.7 Å². The maximum atomic E-state index is 11.4. The minimum atomic E-state index is -3.94. The molecule has 22 heavy (non-hydrogen) atoms. The fourth-order valence-corrected chi connectivity index (χ4v) is 3.51. The second kappa shape index (κ2) is 7.73. The maximum absolute atomic E-state index is 11.4. The van der Waals surface area contributed by atoms with E-state index < -0.39 is 19.0 Å². The van der Waals surface area contributed by atoms with Crippen molar-refractivity contribution in [2.45, 2.75) is 78.8 Å². The van der Waals surface area contributed by atoms with Crippen molar-refractivity contribution in [3.8, 4) is 0 Å². The Morgan fingerprint density at radius 1 is 1.00 bits per heavy atom. The van der Waals surface area contributed by atoms with Gasteiger partial charge in [0, 0.05) is 12.6 Å². The first-order chi connectivity index (χ1) is 9.54. The van der Waals surface area contributed by atoms with Gasteiger partial charge in [-0.3, -0.25) is 18.8 Å². The Balaban J connectivity index is 0.000000425. The summed E-state index contributed by atoms with van der Waals surface area (Å²) in [5, 5.41) is 0. The summed E-state index contributed by atoms with van der Waals surface area (Å²) in [5.41, 5.74) is -1.37. The van der Waals surface area contributed by atoms with E-state index in [-0.39, 0.29) is 0 Å². The average molecular weight is 338 g/mol. The van der Waals surface area contributed by atoms with Gasteiger partial charge >= 0.3 is 7.82 Å². The van der Waals surface area contributed by atoms with Gasteiger partial charge in [-0.15, -0.1) is 0 Å². The molecule has 0 bridgehead atoms. The van der Waals surface area contributed by atoms with E-state index in [0.717, 1.165) is 6.04 Å². The molecular weight excluding hydrogens is 303 g/mol. The highest BCUT2D eigenvalue weighted by Gasteiger charge is 2.33. The van der Waals surface area contributed by atoms with Gasteiger partial charge in [0.15, 0.2) is 0 Å². The molecule has 7 heteroatoms. The summed E-state index contributed by atoms with van der Waals surface area (Å²) < 4.78 is 21.1. The Bertz CT molecular complexity index is 358. The van der Waals surface area contributed by atoms with Crippen molar-refractivity contribution >= 4 is 7.82 Å². The second-order valence-electron chi connectivity index (χ2n) is 7.96. The van der Waals surface area contributed by atoms with Gasteiger partial charge in [0.25, 0.3) is 0 Å². The van der Waals surface area contributed by atoms with E-state index in [2.05, 4.69) is 37.7 Å². The monoisotopic (exact) mass is 338 g/mol. The van der Waals surface area contributed by atoms with Crippen molar-refractivity contribution < 1.29 is 18.5 Å². The van der Waals surface area contributed by atoms with Crippen LogP contribution < -0.4 is 0 Å². The maximum Gasteiger partial charge on any atom is 0.473 e. The molecular formula is C15H35N2O4P. The standard InChI is InChI=1S/C8H19O4P.C7H16N2/c1-7(2,3)11-13(9,10)12-8(4,5)6;1-6-5-8(3)7(2)9(6)4/h1-6H3,(H,9,10);6-7H,5H2,1-4H3. The molecule has 0 amide bonds. The van der Waals surface area contributed by atoms with Gasteiger partial charge in [0.05, 0.1) is 17.4 Å². The highest BCUT2D eigenvalue weighted by atomic mass is 31.2. The van der Waals surface area contributed by atoms with E-state index in [9.17, 15) is 9.46 Å². The summed E-state index contributed by atoms with van der Waals surface area (Å²) in [5.74, 6) is 0. The summed E-state index contributed by atoms with van der Waals surface area (Å²) in [7, 11) is 0.415.